The lowest BCUT2D eigenvalue weighted by Gasteiger charge is -2.14. The molecule has 1 heterocycles. The third kappa shape index (κ3) is 4.25. The van der Waals surface area contributed by atoms with Gasteiger partial charge >= 0.3 is 5.97 Å². The fourth-order valence-electron chi connectivity index (χ4n) is 2.74. The number of nitrogens with zero attached hydrogens (tertiary/aromatic N) is 1. The highest BCUT2D eigenvalue weighted by Crippen LogP contribution is 2.27. The van der Waals surface area contributed by atoms with Crippen LogP contribution in [-0.4, -0.2) is 32.2 Å². The van der Waals surface area contributed by atoms with Gasteiger partial charge in [0.2, 0.25) is 0 Å². The zero-order valence-electron chi connectivity index (χ0n) is 15.1. The molecule has 1 N–H and O–H groups in total. The van der Waals surface area contributed by atoms with E-state index in [1.807, 2.05) is 24.3 Å². The second-order valence-corrected chi connectivity index (χ2v) is 8.07. The Labute approximate surface area is 158 Å². The van der Waals surface area contributed by atoms with Crippen molar-refractivity contribution in [3.8, 4) is 0 Å². The van der Waals surface area contributed by atoms with E-state index >= 15 is 0 Å². The van der Waals surface area contributed by atoms with Gasteiger partial charge in [-0.2, -0.15) is 0 Å². The van der Waals surface area contributed by atoms with Gasteiger partial charge in [0.1, 0.15) is 5.56 Å². The monoisotopic (exact) mass is 384 g/mol. The normalized spacial score (nSPS) is 11.3. The van der Waals surface area contributed by atoms with E-state index in [1.54, 1.807) is 31.2 Å². The minimum atomic E-state index is -3.23. The summed E-state index contributed by atoms with van der Waals surface area (Å²) in [6.45, 7) is 2.45. The van der Waals surface area contributed by atoms with Crippen molar-refractivity contribution < 1.29 is 17.9 Å². The minimum Gasteiger partial charge on any atom is -0.462 e. The maximum absolute atomic E-state index is 12.3. The molecule has 1 aromatic heterocycles. The lowest BCUT2D eigenvalue weighted by atomic mass is 10.1. The smallest absolute Gasteiger partial charge is 0.341 e. The molecule has 0 aliphatic rings. The molecule has 0 unspecified atom stereocenters. The maximum atomic E-state index is 12.3. The molecule has 7 heteroatoms. The number of sulfone groups is 1. The number of fused-ring (bicyclic) bond motifs is 1. The first-order valence-corrected chi connectivity index (χ1v) is 10.4. The predicted molar refractivity (Wildman–Crippen MR) is 105 cm³/mol. The first-order chi connectivity index (χ1) is 12.9. The minimum absolute atomic E-state index is 0.271. The number of benzene rings is 2. The van der Waals surface area contributed by atoms with Crippen LogP contribution in [0.1, 0.15) is 22.8 Å². The van der Waals surface area contributed by atoms with Gasteiger partial charge in [-0.1, -0.05) is 30.3 Å². The summed E-state index contributed by atoms with van der Waals surface area (Å²) in [5.41, 5.74) is 2.66. The summed E-state index contributed by atoms with van der Waals surface area (Å²) in [6.07, 6.45) is 2.68. The summed E-state index contributed by atoms with van der Waals surface area (Å²) < 4.78 is 28.3. The van der Waals surface area contributed by atoms with Crippen molar-refractivity contribution in [3.05, 3.63) is 65.9 Å². The highest BCUT2D eigenvalue weighted by atomic mass is 32.2. The van der Waals surface area contributed by atoms with E-state index in [9.17, 15) is 13.2 Å². The molecule has 3 aromatic rings. The van der Waals surface area contributed by atoms with Crippen molar-refractivity contribution in [1.29, 1.82) is 0 Å². The van der Waals surface area contributed by atoms with Crippen LogP contribution in [0.3, 0.4) is 0 Å². The van der Waals surface area contributed by atoms with Crippen LogP contribution in [0.4, 0.5) is 5.69 Å². The third-order valence-corrected chi connectivity index (χ3v) is 5.22. The molecule has 0 radical (unpaired) electrons. The number of carbonyl (C=O) groups excluding carboxylic acids is 1. The number of nitrogens with one attached hydrogen (secondary N) is 1. The molecule has 6 nitrogen and oxygen atoms in total. The van der Waals surface area contributed by atoms with Crippen LogP contribution >= 0.6 is 0 Å². The van der Waals surface area contributed by atoms with Crippen molar-refractivity contribution in [2.45, 2.75) is 18.4 Å². The molecule has 0 atom stereocenters. The quantitative estimate of drug-likeness (QED) is 0.656. The summed E-state index contributed by atoms with van der Waals surface area (Å²) in [6, 6.07) is 14.2. The third-order valence-electron chi connectivity index (χ3n) is 4.09. The summed E-state index contributed by atoms with van der Waals surface area (Å²) in [4.78, 5) is 16.9. The zero-order chi connectivity index (χ0) is 19.4. The average molecular weight is 384 g/mol. The van der Waals surface area contributed by atoms with Crippen LogP contribution in [-0.2, 0) is 21.1 Å². The molecule has 0 bridgehead atoms. The zero-order valence-corrected chi connectivity index (χ0v) is 15.9. The molecular weight excluding hydrogens is 364 g/mol. The predicted octanol–water partition coefficient (Wildman–Crippen LogP) is 3.43. The Morgan fingerprint density at radius 3 is 2.48 bits per heavy atom. The second-order valence-electron chi connectivity index (χ2n) is 6.05. The Bertz CT molecular complexity index is 1080. The molecule has 27 heavy (non-hydrogen) atoms. The number of aromatic nitrogens is 1. The Balaban J connectivity index is 1.93. The molecule has 0 amide bonds. The first kappa shape index (κ1) is 18.8. The van der Waals surface area contributed by atoms with Gasteiger partial charge in [-0.3, -0.25) is 4.98 Å². The molecule has 0 saturated carbocycles. The maximum Gasteiger partial charge on any atom is 0.341 e. The molecule has 0 aliphatic carbocycles. The van der Waals surface area contributed by atoms with Gasteiger partial charge in [-0.05, 0) is 30.7 Å². The van der Waals surface area contributed by atoms with Crippen molar-refractivity contribution in [2.24, 2.45) is 0 Å². The number of carbonyl (C=O) groups is 1. The Morgan fingerprint density at radius 1 is 1.11 bits per heavy atom. The standard InChI is InChI=1S/C20H20N2O4S/c1-3-26-20(23)17-13-21-18-7-5-4-6-16(18)19(17)22-12-14-8-10-15(11-9-14)27(2,24)25/h4-11,13H,3,12H2,1-2H3,(H,21,22). The van der Waals surface area contributed by atoms with E-state index in [2.05, 4.69) is 10.3 Å². The van der Waals surface area contributed by atoms with Crippen molar-refractivity contribution >= 4 is 32.4 Å². The lowest BCUT2D eigenvalue weighted by Crippen LogP contribution is -2.11. The molecule has 3 rings (SSSR count). The van der Waals surface area contributed by atoms with Crippen molar-refractivity contribution in [2.75, 3.05) is 18.2 Å². The van der Waals surface area contributed by atoms with Gasteiger partial charge in [0, 0.05) is 24.4 Å². The number of esters is 1. The highest BCUT2D eigenvalue weighted by Gasteiger charge is 2.16. The number of hydrogen-bond acceptors (Lipinski definition) is 6. The fraction of sp³-hybridized carbons (Fsp3) is 0.200. The van der Waals surface area contributed by atoms with Crippen LogP contribution < -0.4 is 5.32 Å². The van der Waals surface area contributed by atoms with Crippen molar-refractivity contribution in [3.63, 3.8) is 0 Å². The van der Waals surface area contributed by atoms with E-state index < -0.39 is 15.8 Å². The van der Waals surface area contributed by atoms with E-state index in [4.69, 9.17) is 4.74 Å². The van der Waals surface area contributed by atoms with Gasteiger partial charge in [-0.25, -0.2) is 13.2 Å². The molecular formula is C20H20N2O4S. The number of anilines is 1. The van der Waals surface area contributed by atoms with E-state index in [-0.39, 0.29) is 11.5 Å². The first-order valence-electron chi connectivity index (χ1n) is 8.48. The molecule has 0 aliphatic heterocycles. The van der Waals surface area contributed by atoms with Crippen molar-refractivity contribution in [1.82, 2.24) is 4.98 Å². The molecule has 0 saturated heterocycles. The average Bonchev–Trinajstić information content (AvgIpc) is 2.65. The summed E-state index contributed by atoms with van der Waals surface area (Å²) in [7, 11) is -3.23. The van der Waals surface area contributed by atoms with Gasteiger partial charge in [0.15, 0.2) is 9.84 Å². The molecule has 2 aromatic carbocycles. The topological polar surface area (TPSA) is 85.4 Å². The fourth-order valence-corrected chi connectivity index (χ4v) is 3.37. The Hall–Kier alpha value is -2.93. The Kier molecular flexibility index (Phi) is 5.41. The summed E-state index contributed by atoms with van der Waals surface area (Å²) >= 11 is 0. The number of para-hydroxylation sites is 1. The van der Waals surface area contributed by atoms with Gasteiger partial charge in [0.25, 0.3) is 0 Å². The van der Waals surface area contributed by atoms with Crippen LogP contribution in [0.2, 0.25) is 0 Å². The molecule has 0 fully saturated rings. The summed E-state index contributed by atoms with van der Waals surface area (Å²) in [5, 5.41) is 4.10. The van der Waals surface area contributed by atoms with Gasteiger partial charge in [0.05, 0.1) is 22.7 Å². The van der Waals surface area contributed by atoms with Crippen LogP contribution in [0.15, 0.2) is 59.6 Å². The van der Waals surface area contributed by atoms with Gasteiger partial charge in [-0.15, -0.1) is 0 Å². The van der Waals surface area contributed by atoms with E-state index in [0.717, 1.165) is 16.5 Å². The second kappa shape index (κ2) is 7.75. The van der Waals surface area contributed by atoms with Crippen LogP contribution in [0.5, 0.6) is 0 Å². The van der Waals surface area contributed by atoms with Crippen LogP contribution in [0.25, 0.3) is 10.9 Å². The number of pyridine rings is 1. The van der Waals surface area contributed by atoms with E-state index in [0.29, 0.717) is 17.8 Å². The SMILES string of the molecule is CCOC(=O)c1cnc2ccccc2c1NCc1ccc(S(C)(=O)=O)cc1. The van der Waals surface area contributed by atoms with Gasteiger partial charge < -0.3 is 10.1 Å². The Morgan fingerprint density at radius 2 is 1.81 bits per heavy atom. The largest absolute Gasteiger partial charge is 0.462 e. The lowest BCUT2D eigenvalue weighted by molar-refractivity contribution is 0.0527. The molecule has 140 valence electrons. The number of ether oxygens (including phenoxy) is 1. The number of hydrogen-bond donors (Lipinski definition) is 1. The van der Waals surface area contributed by atoms with E-state index in [1.165, 1.54) is 12.5 Å². The summed E-state index contributed by atoms with van der Waals surface area (Å²) in [5.74, 6) is -0.439. The van der Waals surface area contributed by atoms with Crippen LogP contribution in [0, 0.1) is 0 Å². The number of rotatable bonds is 6. The molecule has 0 spiro atoms. The highest BCUT2D eigenvalue weighted by molar-refractivity contribution is 7.90.